The fraction of sp³-hybridized carbons (Fsp3) is 0.667. The molecule has 0 heterocycles. The van der Waals surface area contributed by atoms with E-state index in [0.29, 0.717) is 17.7 Å². The minimum Gasteiger partial charge on any atom is -0.299 e. The van der Waals surface area contributed by atoms with Gasteiger partial charge < -0.3 is 0 Å². The topological polar surface area (TPSA) is 17.1 Å². The highest BCUT2D eigenvalue weighted by atomic mass is 28.3. The Balaban J connectivity index is 2.68. The SMILES string of the molecule is C[Si](C)(C)[C@@H]1C=CCC(=O)C1. The number of carbonyl (C=O) groups is 1. The monoisotopic (exact) mass is 168 g/mol. The van der Waals surface area contributed by atoms with Gasteiger partial charge in [0.1, 0.15) is 5.78 Å². The third-order valence-electron chi connectivity index (χ3n) is 2.27. The summed E-state index contributed by atoms with van der Waals surface area (Å²) in [5.41, 5.74) is 0.587. The molecular formula is C9H16OSi. The number of allylic oxidation sites excluding steroid dienone is 2. The minimum absolute atomic E-state index is 0.417. The summed E-state index contributed by atoms with van der Waals surface area (Å²) in [6, 6.07) is 0. The van der Waals surface area contributed by atoms with E-state index in [0.717, 1.165) is 6.42 Å². The molecular weight excluding hydrogens is 152 g/mol. The van der Waals surface area contributed by atoms with Crippen LogP contribution in [0.3, 0.4) is 0 Å². The van der Waals surface area contributed by atoms with Crippen molar-refractivity contribution in [1.29, 1.82) is 0 Å². The number of rotatable bonds is 1. The second kappa shape index (κ2) is 2.93. The van der Waals surface area contributed by atoms with Gasteiger partial charge in [-0.25, -0.2) is 0 Å². The number of Topliss-reactive ketones (excluding diaryl/α,β-unsaturated/α-hetero) is 1. The van der Waals surface area contributed by atoms with Crippen LogP contribution in [0.4, 0.5) is 0 Å². The maximum atomic E-state index is 11.1. The standard InChI is InChI=1S/C9H16OSi/c1-11(2,3)9-6-4-5-8(10)7-9/h4,6,9H,5,7H2,1-3H3/t9-/m1/s1. The Bertz CT molecular complexity index is 188. The average molecular weight is 168 g/mol. The zero-order valence-corrected chi connectivity index (χ0v) is 8.55. The molecule has 1 atom stereocenters. The van der Waals surface area contributed by atoms with Crippen molar-refractivity contribution in [2.24, 2.45) is 0 Å². The first-order chi connectivity index (χ1) is 5.00. The van der Waals surface area contributed by atoms with Gasteiger partial charge in [0, 0.05) is 12.8 Å². The van der Waals surface area contributed by atoms with E-state index in [1.165, 1.54) is 0 Å². The Hall–Kier alpha value is -0.373. The van der Waals surface area contributed by atoms with Crippen molar-refractivity contribution in [3.63, 3.8) is 0 Å². The van der Waals surface area contributed by atoms with E-state index in [-0.39, 0.29) is 0 Å². The summed E-state index contributed by atoms with van der Waals surface area (Å²) < 4.78 is 0. The lowest BCUT2D eigenvalue weighted by molar-refractivity contribution is -0.118. The summed E-state index contributed by atoms with van der Waals surface area (Å²) in [7, 11) is -1.11. The van der Waals surface area contributed by atoms with E-state index in [9.17, 15) is 4.79 Å². The number of carbonyl (C=O) groups excluding carboxylic acids is 1. The summed E-state index contributed by atoms with van der Waals surface area (Å²) in [6.45, 7) is 6.96. The van der Waals surface area contributed by atoms with Crippen LogP contribution in [0, 0.1) is 0 Å². The number of hydrogen-bond donors (Lipinski definition) is 0. The van der Waals surface area contributed by atoms with Crippen molar-refractivity contribution in [3.05, 3.63) is 12.2 Å². The molecule has 1 aliphatic rings. The fourth-order valence-electron chi connectivity index (χ4n) is 1.36. The molecule has 0 aromatic heterocycles. The van der Waals surface area contributed by atoms with Crippen LogP contribution >= 0.6 is 0 Å². The molecule has 0 amide bonds. The molecule has 0 unspecified atom stereocenters. The third kappa shape index (κ3) is 2.29. The van der Waals surface area contributed by atoms with Gasteiger partial charge in [-0.2, -0.15) is 0 Å². The second-order valence-corrected chi connectivity index (χ2v) is 9.82. The highest BCUT2D eigenvalue weighted by Crippen LogP contribution is 2.30. The molecule has 1 rings (SSSR count). The van der Waals surface area contributed by atoms with Gasteiger partial charge in [0.25, 0.3) is 0 Å². The quantitative estimate of drug-likeness (QED) is 0.434. The molecule has 0 spiro atoms. The lowest BCUT2D eigenvalue weighted by Crippen LogP contribution is -2.29. The largest absolute Gasteiger partial charge is 0.299 e. The molecule has 0 N–H and O–H groups in total. The lowest BCUT2D eigenvalue weighted by Gasteiger charge is -2.27. The smallest absolute Gasteiger partial charge is 0.136 e. The van der Waals surface area contributed by atoms with Gasteiger partial charge >= 0.3 is 0 Å². The minimum atomic E-state index is -1.11. The van der Waals surface area contributed by atoms with E-state index >= 15 is 0 Å². The van der Waals surface area contributed by atoms with E-state index in [1.54, 1.807) is 0 Å². The molecule has 0 bridgehead atoms. The predicted octanol–water partition coefficient (Wildman–Crippen LogP) is 2.61. The molecule has 1 nitrogen and oxygen atoms in total. The predicted molar refractivity (Wildman–Crippen MR) is 50.5 cm³/mol. The van der Waals surface area contributed by atoms with Gasteiger partial charge in [-0.05, 0) is 5.54 Å². The molecule has 0 saturated heterocycles. The van der Waals surface area contributed by atoms with E-state index in [1.807, 2.05) is 6.08 Å². The van der Waals surface area contributed by atoms with Crippen molar-refractivity contribution >= 4 is 13.9 Å². The summed E-state index contributed by atoms with van der Waals surface area (Å²) >= 11 is 0. The van der Waals surface area contributed by atoms with Crippen LogP contribution in [-0.2, 0) is 4.79 Å². The first kappa shape index (κ1) is 8.72. The molecule has 0 aromatic rings. The Labute approximate surface area is 69.5 Å². The zero-order chi connectivity index (χ0) is 8.48. The van der Waals surface area contributed by atoms with Crippen LogP contribution < -0.4 is 0 Å². The van der Waals surface area contributed by atoms with Crippen LogP contribution in [0.15, 0.2) is 12.2 Å². The summed E-state index contributed by atoms with van der Waals surface area (Å²) in [4.78, 5) is 11.1. The van der Waals surface area contributed by atoms with Crippen LogP contribution in [-0.4, -0.2) is 13.9 Å². The first-order valence-electron chi connectivity index (χ1n) is 4.18. The Morgan fingerprint density at radius 3 is 2.45 bits per heavy atom. The van der Waals surface area contributed by atoms with Crippen molar-refractivity contribution in [1.82, 2.24) is 0 Å². The fourth-order valence-corrected chi connectivity index (χ4v) is 2.91. The Morgan fingerprint density at radius 1 is 1.45 bits per heavy atom. The summed E-state index contributed by atoms with van der Waals surface area (Å²) in [6.07, 6.45) is 5.75. The molecule has 62 valence electrons. The van der Waals surface area contributed by atoms with Crippen molar-refractivity contribution in [2.75, 3.05) is 0 Å². The number of hydrogen-bond acceptors (Lipinski definition) is 1. The molecule has 1 aliphatic carbocycles. The first-order valence-corrected chi connectivity index (χ1v) is 7.76. The lowest BCUT2D eigenvalue weighted by atomic mass is 10.1. The van der Waals surface area contributed by atoms with Crippen LogP contribution in [0.1, 0.15) is 12.8 Å². The van der Waals surface area contributed by atoms with Crippen molar-refractivity contribution in [2.45, 2.75) is 38.0 Å². The summed E-state index contributed by atoms with van der Waals surface area (Å²) in [5.74, 6) is 0.417. The van der Waals surface area contributed by atoms with E-state index in [2.05, 4.69) is 25.7 Å². The van der Waals surface area contributed by atoms with Gasteiger partial charge in [-0.15, -0.1) is 0 Å². The normalized spacial score (nSPS) is 25.7. The molecule has 11 heavy (non-hydrogen) atoms. The van der Waals surface area contributed by atoms with Gasteiger partial charge in [0.05, 0.1) is 8.07 Å². The van der Waals surface area contributed by atoms with E-state index in [4.69, 9.17) is 0 Å². The highest BCUT2D eigenvalue weighted by molar-refractivity contribution is 6.78. The third-order valence-corrected chi connectivity index (χ3v) is 4.90. The maximum Gasteiger partial charge on any atom is 0.136 e. The Morgan fingerprint density at radius 2 is 2.09 bits per heavy atom. The van der Waals surface area contributed by atoms with Crippen molar-refractivity contribution in [3.8, 4) is 0 Å². The molecule has 0 aliphatic heterocycles. The number of ketones is 1. The molecule has 2 heteroatoms. The van der Waals surface area contributed by atoms with Crippen LogP contribution in [0.25, 0.3) is 0 Å². The zero-order valence-electron chi connectivity index (χ0n) is 7.55. The second-order valence-electron chi connectivity index (χ2n) is 4.35. The molecule has 0 radical (unpaired) electrons. The van der Waals surface area contributed by atoms with Gasteiger partial charge in [-0.3, -0.25) is 4.79 Å². The molecule has 0 aromatic carbocycles. The van der Waals surface area contributed by atoms with Crippen LogP contribution in [0.2, 0.25) is 25.2 Å². The summed E-state index contributed by atoms with van der Waals surface area (Å²) in [5, 5.41) is 0. The Kier molecular flexibility index (Phi) is 2.33. The molecule has 0 saturated carbocycles. The van der Waals surface area contributed by atoms with Crippen molar-refractivity contribution < 1.29 is 4.79 Å². The van der Waals surface area contributed by atoms with Gasteiger partial charge in [0.2, 0.25) is 0 Å². The maximum absolute atomic E-state index is 11.1. The highest BCUT2D eigenvalue weighted by Gasteiger charge is 2.27. The van der Waals surface area contributed by atoms with Crippen LogP contribution in [0.5, 0.6) is 0 Å². The average Bonchev–Trinajstić information content (AvgIpc) is 1.86. The van der Waals surface area contributed by atoms with Gasteiger partial charge in [-0.1, -0.05) is 31.8 Å². The van der Waals surface area contributed by atoms with Gasteiger partial charge in [0.15, 0.2) is 0 Å². The van der Waals surface area contributed by atoms with E-state index < -0.39 is 8.07 Å². The molecule has 0 fully saturated rings.